The highest BCUT2D eigenvalue weighted by Gasteiger charge is 2.04. The minimum Gasteiger partial charge on any atom is -0.469 e. The first-order valence-corrected chi connectivity index (χ1v) is 2.88. The first-order valence-electron chi connectivity index (χ1n) is 2.88. The van der Waals surface area contributed by atoms with Crippen LogP contribution in [0.1, 0.15) is 16.1 Å². The first kappa shape index (κ1) is 7.37. The van der Waals surface area contributed by atoms with Gasteiger partial charge in [0.15, 0.2) is 0 Å². The van der Waals surface area contributed by atoms with Gasteiger partial charge in [0, 0.05) is 4.91 Å². The van der Waals surface area contributed by atoms with Crippen LogP contribution in [0.25, 0.3) is 10.4 Å². The van der Waals surface area contributed by atoms with Crippen molar-refractivity contribution < 1.29 is 9.21 Å². The number of rotatable bonds is 1. The summed E-state index contributed by atoms with van der Waals surface area (Å²) in [6, 6.07) is 1.51. The molecule has 1 rings (SSSR count). The summed E-state index contributed by atoms with van der Waals surface area (Å²) >= 11 is 0. The van der Waals surface area contributed by atoms with Crippen LogP contribution in [0.2, 0.25) is 0 Å². The molecule has 1 amide bonds. The predicted octanol–water partition coefficient (Wildman–Crippen LogP) is 2.04. The molecule has 0 bridgehead atoms. The van der Waals surface area contributed by atoms with E-state index in [9.17, 15) is 4.79 Å². The third kappa shape index (κ3) is 1.59. The Morgan fingerprint density at radius 3 is 3.00 bits per heavy atom. The van der Waals surface area contributed by atoms with Crippen molar-refractivity contribution in [2.24, 2.45) is 5.11 Å². The van der Waals surface area contributed by atoms with Crippen molar-refractivity contribution in [2.45, 2.75) is 6.92 Å². The number of azide groups is 1. The van der Waals surface area contributed by atoms with Crippen LogP contribution in [0.15, 0.2) is 21.9 Å². The number of amides is 1. The topological polar surface area (TPSA) is 79.0 Å². The maximum absolute atomic E-state index is 10.8. The molecule has 0 saturated carbocycles. The second kappa shape index (κ2) is 2.90. The van der Waals surface area contributed by atoms with Gasteiger partial charge in [-0.1, -0.05) is 0 Å². The Hall–Kier alpha value is -1.74. The number of carbonyl (C=O) groups excluding carboxylic acids is 1. The van der Waals surface area contributed by atoms with E-state index in [-0.39, 0.29) is 5.56 Å². The zero-order chi connectivity index (χ0) is 8.27. The van der Waals surface area contributed by atoms with Gasteiger partial charge in [-0.3, -0.25) is 4.79 Å². The molecule has 0 N–H and O–H groups in total. The van der Waals surface area contributed by atoms with Gasteiger partial charge >= 0.3 is 0 Å². The second-order valence-corrected chi connectivity index (χ2v) is 1.94. The van der Waals surface area contributed by atoms with E-state index in [1.807, 2.05) is 0 Å². The van der Waals surface area contributed by atoms with Crippen molar-refractivity contribution in [1.82, 2.24) is 0 Å². The van der Waals surface area contributed by atoms with Crippen LogP contribution in [0.3, 0.4) is 0 Å². The second-order valence-electron chi connectivity index (χ2n) is 1.94. The molecule has 56 valence electrons. The summed E-state index contributed by atoms with van der Waals surface area (Å²) in [6.45, 7) is 1.70. The van der Waals surface area contributed by atoms with Crippen LogP contribution in [0, 0.1) is 6.92 Å². The third-order valence-corrected chi connectivity index (χ3v) is 1.11. The number of hydrogen-bond acceptors (Lipinski definition) is 2. The zero-order valence-electron chi connectivity index (χ0n) is 5.81. The Bertz CT molecular complexity index is 322. The Morgan fingerprint density at radius 1 is 1.82 bits per heavy atom. The van der Waals surface area contributed by atoms with Crippen molar-refractivity contribution in [3.63, 3.8) is 0 Å². The third-order valence-electron chi connectivity index (χ3n) is 1.11. The lowest BCUT2D eigenvalue weighted by Gasteiger charge is -1.79. The highest BCUT2D eigenvalue weighted by molar-refractivity contribution is 5.94. The van der Waals surface area contributed by atoms with Gasteiger partial charge in [0.25, 0.3) is 5.91 Å². The molecule has 0 unspecified atom stereocenters. The van der Waals surface area contributed by atoms with E-state index in [2.05, 4.69) is 10.0 Å². The van der Waals surface area contributed by atoms with E-state index in [1.165, 1.54) is 12.3 Å². The first-order chi connectivity index (χ1) is 5.24. The molecule has 0 fully saturated rings. The van der Waals surface area contributed by atoms with Crippen molar-refractivity contribution in [2.75, 3.05) is 0 Å². The van der Waals surface area contributed by atoms with Crippen molar-refractivity contribution in [1.29, 1.82) is 0 Å². The summed E-state index contributed by atoms with van der Waals surface area (Å²) in [6.07, 6.45) is 1.26. The van der Waals surface area contributed by atoms with Crippen molar-refractivity contribution >= 4 is 5.91 Å². The highest BCUT2D eigenvalue weighted by Crippen LogP contribution is 2.07. The van der Waals surface area contributed by atoms with E-state index in [4.69, 9.17) is 9.95 Å². The van der Waals surface area contributed by atoms with Crippen LogP contribution in [0.5, 0.6) is 0 Å². The van der Waals surface area contributed by atoms with Crippen LogP contribution in [-0.4, -0.2) is 5.91 Å². The van der Waals surface area contributed by atoms with E-state index in [0.29, 0.717) is 5.76 Å². The molecule has 0 spiro atoms. The highest BCUT2D eigenvalue weighted by atomic mass is 16.3. The maximum Gasteiger partial charge on any atom is 0.252 e. The lowest BCUT2D eigenvalue weighted by Crippen LogP contribution is -1.88. The van der Waals surface area contributed by atoms with Gasteiger partial charge in [-0.2, -0.15) is 0 Å². The summed E-state index contributed by atoms with van der Waals surface area (Å²) in [7, 11) is 0. The Kier molecular flexibility index (Phi) is 1.94. The van der Waals surface area contributed by atoms with E-state index in [1.54, 1.807) is 6.92 Å². The van der Waals surface area contributed by atoms with Gasteiger partial charge in [0.05, 0.1) is 5.56 Å². The van der Waals surface area contributed by atoms with Crippen LogP contribution < -0.4 is 0 Å². The lowest BCUT2D eigenvalue weighted by atomic mass is 10.3. The van der Waals surface area contributed by atoms with Gasteiger partial charge in [0.2, 0.25) is 0 Å². The molecule has 0 aliphatic carbocycles. The molecule has 0 aromatic carbocycles. The van der Waals surface area contributed by atoms with E-state index in [0.717, 1.165) is 0 Å². The quantitative estimate of drug-likeness (QED) is 0.349. The number of hydrogen-bond donors (Lipinski definition) is 0. The standard InChI is InChI=1S/C6H5N3O2/c1-4-2-5(3-11-4)6(10)8-9-7/h2-3H,1H3. The van der Waals surface area contributed by atoms with Gasteiger partial charge in [-0.15, -0.1) is 0 Å². The summed E-state index contributed by atoms with van der Waals surface area (Å²) in [5.41, 5.74) is 8.19. The molecule has 1 heterocycles. The summed E-state index contributed by atoms with van der Waals surface area (Å²) in [4.78, 5) is 13.1. The van der Waals surface area contributed by atoms with Crippen LogP contribution in [0.4, 0.5) is 0 Å². The molecule has 0 aliphatic rings. The SMILES string of the molecule is Cc1cc(C(=O)N=[N+]=[N-])co1. The van der Waals surface area contributed by atoms with Crippen molar-refractivity contribution in [3.8, 4) is 0 Å². The van der Waals surface area contributed by atoms with Gasteiger partial charge in [-0.05, 0) is 23.6 Å². The van der Waals surface area contributed by atoms with Gasteiger partial charge in [0.1, 0.15) is 12.0 Å². The fraction of sp³-hybridized carbons (Fsp3) is 0.167. The predicted molar refractivity (Wildman–Crippen MR) is 36.9 cm³/mol. The Labute approximate surface area is 62.3 Å². The summed E-state index contributed by atoms with van der Waals surface area (Å²) < 4.78 is 4.83. The molecule has 5 heteroatoms. The van der Waals surface area contributed by atoms with Crippen LogP contribution >= 0.6 is 0 Å². The molecule has 0 atom stereocenters. The summed E-state index contributed by atoms with van der Waals surface area (Å²) in [5.74, 6) is -0.00848. The molecule has 1 aromatic rings. The van der Waals surface area contributed by atoms with E-state index < -0.39 is 5.91 Å². The zero-order valence-corrected chi connectivity index (χ0v) is 5.81. The van der Waals surface area contributed by atoms with Gasteiger partial charge in [-0.25, -0.2) is 0 Å². The fourth-order valence-electron chi connectivity index (χ4n) is 0.654. The summed E-state index contributed by atoms with van der Waals surface area (Å²) in [5, 5.41) is 2.89. The number of furan rings is 1. The number of aryl methyl sites for hydroxylation is 1. The fourth-order valence-corrected chi connectivity index (χ4v) is 0.654. The van der Waals surface area contributed by atoms with Crippen LogP contribution in [-0.2, 0) is 0 Å². The Balaban J connectivity index is 2.93. The average Bonchev–Trinajstić information content (AvgIpc) is 2.36. The minimum atomic E-state index is -0.621. The van der Waals surface area contributed by atoms with Crippen molar-refractivity contribution in [3.05, 3.63) is 34.1 Å². The molecular weight excluding hydrogens is 146 g/mol. The molecular formula is C6H5N3O2. The largest absolute Gasteiger partial charge is 0.469 e. The molecule has 0 radical (unpaired) electrons. The Morgan fingerprint density at radius 2 is 2.55 bits per heavy atom. The van der Waals surface area contributed by atoms with E-state index >= 15 is 0 Å². The molecule has 1 aromatic heterocycles. The number of nitrogens with zero attached hydrogens (tertiary/aromatic N) is 3. The lowest BCUT2D eigenvalue weighted by molar-refractivity contribution is 0.1000. The van der Waals surface area contributed by atoms with Gasteiger partial charge < -0.3 is 4.42 Å². The molecule has 11 heavy (non-hydrogen) atoms. The molecule has 0 aliphatic heterocycles. The maximum atomic E-state index is 10.8. The molecule has 0 saturated heterocycles. The smallest absolute Gasteiger partial charge is 0.252 e. The number of carbonyl (C=O) groups is 1. The molecule has 5 nitrogen and oxygen atoms in total. The average molecular weight is 151 g/mol. The monoisotopic (exact) mass is 151 g/mol. The normalized spacial score (nSPS) is 8.82. The minimum absolute atomic E-state index is 0.278.